The molecule has 2 fully saturated rings. The first kappa shape index (κ1) is 27.6. The predicted octanol–water partition coefficient (Wildman–Crippen LogP) is 4.12. The van der Waals surface area contributed by atoms with Gasteiger partial charge < -0.3 is 25.0 Å². The zero-order valence-corrected chi connectivity index (χ0v) is 22.5. The Bertz CT molecular complexity index is 818. The number of rotatable bonds is 6. The van der Waals surface area contributed by atoms with Gasteiger partial charge in [0, 0.05) is 44.8 Å². The first-order valence-corrected chi connectivity index (χ1v) is 11.5. The average Bonchev–Trinajstić information content (AvgIpc) is 3.57. The maximum Gasteiger partial charge on any atom is 0.410 e. The maximum absolute atomic E-state index is 13.6. The van der Waals surface area contributed by atoms with Crippen molar-refractivity contribution in [2.75, 3.05) is 26.7 Å². The van der Waals surface area contributed by atoms with Gasteiger partial charge in [-0.05, 0) is 70.1 Å². The highest BCUT2D eigenvalue weighted by Gasteiger charge is 2.35. The SMILES string of the molecule is CN=C(NCc1ccc(F)c(CO)c1)N1CCC(N(CC2CC2)C(=O)OC(C)(C)C)CC1.I. The highest BCUT2D eigenvalue weighted by atomic mass is 127. The lowest BCUT2D eigenvalue weighted by Crippen LogP contribution is -2.52. The van der Waals surface area contributed by atoms with Gasteiger partial charge in [0.1, 0.15) is 11.4 Å². The number of carbonyl (C=O) groups is 1. The van der Waals surface area contributed by atoms with E-state index < -0.39 is 11.4 Å². The Morgan fingerprint density at radius 2 is 1.94 bits per heavy atom. The van der Waals surface area contributed by atoms with E-state index in [1.54, 1.807) is 19.2 Å². The predicted molar refractivity (Wildman–Crippen MR) is 138 cm³/mol. The van der Waals surface area contributed by atoms with E-state index in [0.717, 1.165) is 44.0 Å². The van der Waals surface area contributed by atoms with Crippen LogP contribution in [0.3, 0.4) is 0 Å². The summed E-state index contributed by atoms with van der Waals surface area (Å²) in [6.45, 7) is 8.25. The number of hydrogen-bond donors (Lipinski definition) is 2. The molecule has 1 aliphatic heterocycles. The summed E-state index contributed by atoms with van der Waals surface area (Å²) in [7, 11) is 1.75. The highest BCUT2D eigenvalue weighted by molar-refractivity contribution is 14.0. The molecule has 9 heteroatoms. The second-order valence-corrected chi connectivity index (χ2v) is 9.78. The molecule has 1 aliphatic carbocycles. The molecule has 1 aromatic rings. The van der Waals surface area contributed by atoms with Gasteiger partial charge in [-0.2, -0.15) is 0 Å². The van der Waals surface area contributed by atoms with E-state index in [1.807, 2.05) is 25.7 Å². The molecule has 2 N–H and O–H groups in total. The number of aliphatic imine (C=N–C) groups is 1. The first-order valence-electron chi connectivity index (χ1n) is 11.5. The molecule has 1 saturated carbocycles. The average molecular weight is 576 g/mol. The van der Waals surface area contributed by atoms with Gasteiger partial charge in [0.25, 0.3) is 0 Å². The normalized spacial score (nSPS) is 17.4. The van der Waals surface area contributed by atoms with Crippen molar-refractivity contribution in [1.82, 2.24) is 15.1 Å². The number of nitrogens with one attached hydrogen (secondary N) is 1. The second-order valence-electron chi connectivity index (χ2n) is 9.78. The number of aliphatic hydroxyl groups is 1. The summed E-state index contributed by atoms with van der Waals surface area (Å²) in [5.41, 5.74) is 0.673. The first-order chi connectivity index (χ1) is 15.2. The summed E-state index contributed by atoms with van der Waals surface area (Å²) in [4.78, 5) is 21.4. The molecular formula is C24H38FIN4O3. The summed E-state index contributed by atoms with van der Waals surface area (Å²) in [5, 5.41) is 12.6. The number of carbonyl (C=O) groups excluding carboxylic acids is 1. The van der Waals surface area contributed by atoms with Crippen LogP contribution in [0.4, 0.5) is 9.18 Å². The molecule has 1 heterocycles. The van der Waals surface area contributed by atoms with Crippen LogP contribution < -0.4 is 5.32 Å². The summed E-state index contributed by atoms with van der Waals surface area (Å²) in [6.07, 6.45) is 3.89. The number of benzene rings is 1. The Morgan fingerprint density at radius 3 is 2.48 bits per heavy atom. The standard InChI is InChI=1S/C24H37FN4O3.HI/c1-24(2,3)32-23(31)29(15-17-5-6-17)20-9-11-28(12-10-20)22(26-4)27-14-18-7-8-21(25)19(13-18)16-30;/h7-8,13,17,20,30H,5-6,9-12,14-16H2,1-4H3,(H,26,27);1H. The molecule has 33 heavy (non-hydrogen) atoms. The summed E-state index contributed by atoms with van der Waals surface area (Å²) in [5.74, 6) is 0.988. The van der Waals surface area contributed by atoms with Gasteiger partial charge in [-0.3, -0.25) is 4.99 Å². The van der Waals surface area contributed by atoms with Crippen LogP contribution in [-0.4, -0.2) is 65.3 Å². The molecular weight excluding hydrogens is 538 g/mol. The van der Waals surface area contributed by atoms with Crippen LogP contribution in [0.25, 0.3) is 0 Å². The number of amides is 1. The molecule has 0 atom stereocenters. The minimum absolute atomic E-state index is 0. The van der Waals surface area contributed by atoms with E-state index >= 15 is 0 Å². The highest BCUT2D eigenvalue weighted by Crippen LogP contribution is 2.32. The Hall–Kier alpha value is -1.62. The Morgan fingerprint density at radius 1 is 1.27 bits per heavy atom. The minimum Gasteiger partial charge on any atom is -0.444 e. The monoisotopic (exact) mass is 576 g/mol. The van der Waals surface area contributed by atoms with Gasteiger partial charge in [-0.15, -0.1) is 24.0 Å². The van der Waals surface area contributed by atoms with E-state index in [9.17, 15) is 14.3 Å². The second kappa shape index (κ2) is 12.2. The van der Waals surface area contributed by atoms with Crippen molar-refractivity contribution in [3.05, 3.63) is 35.1 Å². The molecule has 186 valence electrons. The van der Waals surface area contributed by atoms with Crippen LogP contribution in [0, 0.1) is 11.7 Å². The van der Waals surface area contributed by atoms with Crippen LogP contribution in [0.15, 0.2) is 23.2 Å². The molecule has 0 radical (unpaired) electrons. The summed E-state index contributed by atoms with van der Waals surface area (Å²) in [6, 6.07) is 4.92. The Labute approximate surface area is 213 Å². The number of halogens is 2. The summed E-state index contributed by atoms with van der Waals surface area (Å²) >= 11 is 0. The van der Waals surface area contributed by atoms with Crippen LogP contribution in [0.2, 0.25) is 0 Å². The summed E-state index contributed by atoms with van der Waals surface area (Å²) < 4.78 is 19.3. The third kappa shape index (κ3) is 8.27. The number of likely N-dealkylation sites (tertiary alicyclic amines) is 1. The van der Waals surface area contributed by atoms with Crippen molar-refractivity contribution in [3.8, 4) is 0 Å². The van der Waals surface area contributed by atoms with E-state index in [0.29, 0.717) is 12.5 Å². The van der Waals surface area contributed by atoms with E-state index in [2.05, 4.69) is 15.2 Å². The third-order valence-electron chi connectivity index (χ3n) is 5.93. The van der Waals surface area contributed by atoms with Gasteiger partial charge >= 0.3 is 6.09 Å². The van der Waals surface area contributed by atoms with Crippen molar-refractivity contribution in [3.63, 3.8) is 0 Å². The van der Waals surface area contributed by atoms with Gasteiger partial charge in [-0.1, -0.05) is 6.07 Å². The number of ether oxygens (including phenoxy) is 1. The van der Waals surface area contributed by atoms with Crippen molar-refractivity contribution in [2.24, 2.45) is 10.9 Å². The molecule has 0 bridgehead atoms. The molecule has 1 amide bonds. The maximum atomic E-state index is 13.6. The van der Waals surface area contributed by atoms with E-state index in [-0.39, 0.29) is 48.3 Å². The number of nitrogens with zero attached hydrogens (tertiary/aromatic N) is 3. The van der Waals surface area contributed by atoms with E-state index in [4.69, 9.17) is 4.74 Å². The minimum atomic E-state index is -0.498. The lowest BCUT2D eigenvalue weighted by molar-refractivity contribution is 0.00928. The van der Waals surface area contributed by atoms with Gasteiger partial charge in [0.05, 0.1) is 6.61 Å². The van der Waals surface area contributed by atoms with Gasteiger partial charge in [-0.25, -0.2) is 9.18 Å². The zero-order valence-electron chi connectivity index (χ0n) is 20.1. The fourth-order valence-electron chi connectivity index (χ4n) is 4.03. The molecule has 0 spiro atoms. The lowest BCUT2D eigenvalue weighted by Gasteiger charge is -2.40. The largest absolute Gasteiger partial charge is 0.444 e. The van der Waals surface area contributed by atoms with Crippen LogP contribution in [-0.2, 0) is 17.9 Å². The lowest BCUT2D eigenvalue weighted by atomic mass is 10.0. The molecule has 7 nitrogen and oxygen atoms in total. The Kier molecular flexibility index (Phi) is 10.2. The number of guanidine groups is 1. The van der Waals surface area contributed by atoms with Crippen molar-refractivity contribution in [1.29, 1.82) is 0 Å². The third-order valence-corrected chi connectivity index (χ3v) is 5.93. The molecule has 2 aliphatic rings. The number of hydrogen-bond acceptors (Lipinski definition) is 4. The van der Waals surface area contributed by atoms with Crippen molar-refractivity contribution < 1.29 is 19.0 Å². The Balaban J connectivity index is 0.00000385. The topological polar surface area (TPSA) is 77.4 Å². The molecule has 1 saturated heterocycles. The van der Waals surface area contributed by atoms with E-state index in [1.165, 1.54) is 18.9 Å². The van der Waals surface area contributed by atoms with Crippen LogP contribution in [0.5, 0.6) is 0 Å². The number of aliphatic hydroxyl groups excluding tert-OH is 1. The fourth-order valence-corrected chi connectivity index (χ4v) is 4.03. The quantitative estimate of drug-likeness (QED) is 0.303. The van der Waals surface area contributed by atoms with Crippen molar-refractivity contribution >= 4 is 36.0 Å². The fraction of sp³-hybridized carbons (Fsp3) is 0.667. The van der Waals surface area contributed by atoms with Gasteiger partial charge in [0.15, 0.2) is 5.96 Å². The molecule has 3 rings (SSSR count). The molecule has 0 aromatic heterocycles. The van der Waals surface area contributed by atoms with Crippen LogP contribution >= 0.6 is 24.0 Å². The van der Waals surface area contributed by atoms with Crippen molar-refractivity contribution in [2.45, 2.75) is 71.2 Å². The van der Waals surface area contributed by atoms with Crippen LogP contribution in [0.1, 0.15) is 57.6 Å². The smallest absolute Gasteiger partial charge is 0.410 e. The molecule has 0 unspecified atom stereocenters. The number of piperidine rings is 1. The zero-order chi connectivity index (χ0) is 23.3. The molecule has 1 aromatic carbocycles. The van der Waals surface area contributed by atoms with Gasteiger partial charge in [0.2, 0.25) is 0 Å².